The Balaban J connectivity index is 1.69. The SMILES string of the molecule is Cc1ccc(CNC(=O)CN2C(=O)c3ccccc3S2(=O)=O)cc1F. The van der Waals surface area contributed by atoms with Crippen molar-refractivity contribution >= 4 is 21.8 Å². The highest BCUT2D eigenvalue weighted by atomic mass is 32.2. The highest BCUT2D eigenvalue weighted by Gasteiger charge is 2.41. The normalized spacial score (nSPS) is 15.1. The van der Waals surface area contributed by atoms with Crippen LogP contribution < -0.4 is 5.32 Å². The summed E-state index contributed by atoms with van der Waals surface area (Å²) in [5.41, 5.74) is 1.08. The van der Waals surface area contributed by atoms with Crippen molar-refractivity contribution in [2.75, 3.05) is 6.54 Å². The molecule has 1 aliphatic rings. The summed E-state index contributed by atoms with van der Waals surface area (Å²) < 4.78 is 38.8. The molecule has 0 aliphatic carbocycles. The molecule has 1 heterocycles. The Labute approximate surface area is 144 Å². The van der Waals surface area contributed by atoms with E-state index in [1.807, 2.05) is 0 Å². The topological polar surface area (TPSA) is 83.6 Å². The van der Waals surface area contributed by atoms with Crippen molar-refractivity contribution in [3.05, 3.63) is 65.0 Å². The molecular weight excluding hydrogens is 347 g/mol. The predicted octanol–water partition coefficient (Wildman–Crippen LogP) is 1.60. The second kappa shape index (κ2) is 6.29. The molecule has 1 aliphatic heterocycles. The van der Waals surface area contributed by atoms with Gasteiger partial charge in [-0.25, -0.2) is 17.1 Å². The quantitative estimate of drug-likeness (QED) is 0.895. The maximum absolute atomic E-state index is 13.5. The highest BCUT2D eigenvalue weighted by molar-refractivity contribution is 7.90. The Morgan fingerprint density at radius 1 is 1.20 bits per heavy atom. The summed E-state index contributed by atoms with van der Waals surface area (Å²) in [4.78, 5) is 24.2. The molecule has 8 heteroatoms. The molecular formula is C17H15FN2O4S. The Morgan fingerprint density at radius 3 is 2.60 bits per heavy atom. The molecule has 6 nitrogen and oxygen atoms in total. The Morgan fingerprint density at radius 2 is 1.92 bits per heavy atom. The first-order valence-electron chi connectivity index (χ1n) is 7.48. The van der Waals surface area contributed by atoms with Gasteiger partial charge in [-0.05, 0) is 36.2 Å². The number of carbonyl (C=O) groups is 2. The van der Waals surface area contributed by atoms with Crippen LogP contribution in [-0.4, -0.2) is 31.1 Å². The number of aryl methyl sites for hydroxylation is 1. The largest absolute Gasteiger partial charge is 0.350 e. The molecule has 0 spiro atoms. The average molecular weight is 362 g/mol. The summed E-state index contributed by atoms with van der Waals surface area (Å²) in [6, 6.07) is 10.3. The number of nitrogens with one attached hydrogen (secondary N) is 1. The van der Waals surface area contributed by atoms with Gasteiger partial charge < -0.3 is 5.32 Å². The Bertz CT molecular complexity index is 972. The van der Waals surface area contributed by atoms with Gasteiger partial charge in [-0.15, -0.1) is 0 Å². The molecule has 0 radical (unpaired) electrons. The summed E-state index contributed by atoms with van der Waals surface area (Å²) in [5, 5.41) is 2.49. The van der Waals surface area contributed by atoms with Crippen LogP contribution >= 0.6 is 0 Å². The summed E-state index contributed by atoms with van der Waals surface area (Å²) in [6.07, 6.45) is 0. The zero-order chi connectivity index (χ0) is 18.2. The number of rotatable bonds is 4. The first-order chi connectivity index (χ1) is 11.8. The third-order valence-electron chi connectivity index (χ3n) is 3.93. The molecule has 2 aromatic carbocycles. The van der Waals surface area contributed by atoms with E-state index >= 15 is 0 Å². The fraction of sp³-hybridized carbons (Fsp3) is 0.176. The lowest BCUT2D eigenvalue weighted by molar-refractivity contribution is -0.121. The van der Waals surface area contributed by atoms with E-state index in [0.717, 1.165) is 0 Å². The first kappa shape index (κ1) is 17.1. The van der Waals surface area contributed by atoms with Crippen molar-refractivity contribution in [3.8, 4) is 0 Å². The summed E-state index contributed by atoms with van der Waals surface area (Å²) in [6.45, 7) is 1.04. The summed E-state index contributed by atoms with van der Waals surface area (Å²) in [5.74, 6) is -1.77. The first-order valence-corrected chi connectivity index (χ1v) is 8.92. The molecule has 0 bridgehead atoms. The van der Waals surface area contributed by atoms with Crippen molar-refractivity contribution in [3.63, 3.8) is 0 Å². The van der Waals surface area contributed by atoms with Gasteiger partial charge in [0.05, 0.1) is 5.56 Å². The number of carbonyl (C=O) groups excluding carboxylic acids is 2. The number of nitrogens with zero attached hydrogens (tertiary/aromatic N) is 1. The summed E-state index contributed by atoms with van der Waals surface area (Å²) in [7, 11) is -4.02. The van der Waals surface area contributed by atoms with Crippen LogP contribution in [0.1, 0.15) is 21.5 Å². The highest BCUT2D eigenvalue weighted by Crippen LogP contribution is 2.29. The monoisotopic (exact) mass is 362 g/mol. The van der Waals surface area contributed by atoms with E-state index < -0.39 is 28.4 Å². The molecule has 0 saturated heterocycles. The van der Waals surface area contributed by atoms with Gasteiger partial charge in [0.1, 0.15) is 17.3 Å². The van der Waals surface area contributed by atoms with E-state index in [2.05, 4.69) is 5.32 Å². The predicted molar refractivity (Wildman–Crippen MR) is 87.6 cm³/mol. The minimum Gasteiger partial charge on any atom is -0.350 e. The molecule has 0 saturated carbocycles. The minimum absolute atomic E-state index is 0.0328. The van der Waals surface area contributed by atoms with Crippen molar-refractivity contribution < 1.29 is 22.4 Å². The van der Waals surface area contributed by atoms with Crippen LogP contribution in [0.15, 0.2) is 47.4 Å². The van der Waals surface area contributed by atoms with Gasteiger partial charge in [0.25, 0.3) is 15.9 Å². The lowest BCUT2D eigenvalue weighted by Gasteiger charge is -2.15. The number of sulfonamides is 1. The fourth-order valence-electron chi connectivity index (χ4n) is 2.52. The van der Waals surface area contributed by atoms with Crippen molar-refractivity contribution in [1.29, 1.82) is 0 Å². The number of hydrogen-bond acceptors (Lipinski definition) is 4. The third-order valence-corrected chi connectivity index (χ3v) is 5.71. The van der Waals surface area contributed by atoms with E-state index in [-0.39, 0.29) is 22.8 Å². The number of amides is 2. The van der Waals surface area contributed by atoms with Crippen LogP contribution in [0.3, 0.4) is 0 Å². The standard InChI is InChI=1S/C17H15FN2O4S/c1-11-6-7-12(8-14(11)18)9-19-16(21)10-20-17(22)13-4-2-3-5-15(13)25(20,23)24/h2-8H,9-10H2,1H3,(H,19,21). The van der Waals surface area contributed by atoms with Crippen LogP contribution in [0.2, 0.25) is 0 Å². The van der Waals surface area contributed by atoms with Crippen LogP contribution in [0.25, 0.3) is 0 Å². The van der Waals surface area contributed by atoms with E-state index in [0.29, 0.717) is 15.4 Å². The molecule has 130 valence electrons. The van der Waals surface area contributed by atoms with Gasteiger partial charge in [-0.2, -0.15) is 0 Å². The van der Waals surface area contributed by atoms with Crippen LogP contribution in [0, 0.1) is 12.7 Å². The second-order valence-corrected chi connectivity index (χ2v) is 7.50. The molecule has 0 atom stereocenters. The van der Waals surface area contributed by atoms with E-state index in [9.17, 15) is 22.4 Å². The minimum atomic E-state index is -4.02. The van der Waals surface area contributed by atoms with E-state index in [4.69, 9.17) is 0 Å². The van der Waals surface area contributed by atoms with Gasteiger partial charge in [-0.3, -0.25) is 9.59 Å². The molecule has 0 aromatic heterocycles. The molecule has 25 heavy (non-hydrogen) atoms. The molecule has 2 amide bonds. The summed E-state index contributed by atoms with van der Waals surface area (Å²) >= 11 is 0. The van der Waals surface area contributed by atoms with Gasteiger partial charge >= 0.3 is 0 Å². The van der Waals surface area contributed by atoms with Crippen molar-refractivity contribution in [1.82, 2.24) is 9.62 Å². The number of halogens is 1. The Hall–Kier alpha value is -2.74. The number of benzene rings is 2. The molecule has 1 N–H and O–H groups in total. The van der Waals surface area contributed by atoms with Gasteiger partial charge in [0.2, 0.25) is 5.91 Å². The molecule has 2 aromatic rings. The number of fused-ring (bicyclic) bond motifs is 1. The van der Waals surface area contributed by atoms with Gasteiger partial charge in [0, 0.05) is 6.54 Å². The maximum atomic E-state index is 13.5. The van der Waals surface area contributed by atoms with Crippen molar-refractivity contribution in [2.45, 2.75) is 18.4 Å². The van der Waals surface area contributed by atoms with E-state index in [1.165, 1.54) is 24.3 Å². The molecule has 3 rings (SSSR count). The van der Waals surface area contributed by atoms with Crippen LogP contribution in [-0.2, 0) is 21.4 Å². The number of hydrogen-bond donors (Lipinski definition) is 1. The smallest absolute Gasteiger partial charge is 0.269 e. The van der Waals surface area contributed by atoms with Crippen molar-refractivity contribution in [2.24, 2.45) is 0 Å². The third kappa shape index (κ3) is 3.12. The lowest BCUT2D eigenvalue weighted by atomic mass is 10.1. The molecule has 0 unspecified atom stereocenters. The zero-order valence-electron chi connectivity index (χ0n) is 13.3. The maximum Gasteiger partial charge on any atom is 0.269 e. The average Bonchev–Trinajstić information content (AvgIpc) is 2.77. The zero-order valence-corrected chi connectivity index (χ0v) is 14.1. The lowest BCUT2D eigenvalue weighted by Crippen LogP contribution is -2.40. The van der Waals surface area contributed by atoms with Crippen LogP contribution in [0.5, 0.6) is 0 Å². The molecule has 0 fully saturated rings. The van der Waals surface area contributed by atoms with Crippen LogP contribution in [0.4, 0.5) is 4.39 Å². The van der Waals surface area contributed by atoms with E-state index in [1.54, 1.807) is 25.1 Å². The second-order valence-electron chi connectivity index (χ2n) is 5.67. The Kier molecular flexibility index (Phi) is 4.30. The fourth-order valence-corrected chi connectivity index (χ4v) is 4.05. The van der Waals surface area contributed by atoms with Gasteiger partial charge in [0.15, 0.2) is 0 Å². The van der Waals surface area contributed by atoms with Gasteiger partial charge in [-0.1, -0.05) is 24.3 Å².